The molecule has 3 rings (SSSR count). The second-order valence-corrected chi connectivity index (χ2v) is 4.77. The summed E-state index contributed by atoms with van der Waals surface area (Å²) in [5, 5.41) is 5.36. The third kappa shape index (κ3) is 1.99. The second-order valence-electron chi connectivity index (χ2n) is 3.85. The molecule has 3 nitrogen and oxygen atoms in total. The summed E-state index contributed by atoms with van der Waals surface area (Å²) >= 11 is 1.65. The van der Waals surface area contributed by atoms with Crippen LogP contribution in [0.3, 0.4) is 0 Å². The molecule has 17 heavy (non-hydrogen) atoms. The monoisotopic (exact) mass is 241 g/mol. The highest BCUT2D eigenvalue weighted by atomic mass is 32.1. The maximum atomic E-state index is 4.29. The molecule has 4 heteroatoms. The Balaban J connectivity index is 2.02. The van der Waals surface area contributed by atoms with Gasteiger partial charge in [0.15, 0.2) is 5.82 Å². The average Bonchev–Trinajstić information content (AvgIpc) is 2.78. The van der Waals surface area contributed by atoms with Crippen LogP contribution in [0.1, 0.15) is 5.56 Å². The molecule has 0 spiro atoms. The van der Waals surface area contributed by atoms with Crippen LogP contribution < -0.4 is 5.32 Å². The fourth-order valence-electron chi connectivity index (χ4n) is 1.74. The lowest BCUT2D eigenvalue weighted by Crippen LogP contribution is -1.94. The van der Waals surface area contributed by atoms with Crippen molar-refractivity contribution in [2.75, 3.05) is 5.32 Å². The van der Waals surface area contributed by atoms with Gasteiger partial charge in [-0.25, -0.2) is 9.97 Å². The van der Waals surface area contributed by atoms with Gasteiger partial charge in [-0.15, -0.1) is 11.3 Å². The van der Waals surface area contributed by atoms with Crippen molar-refractivity contribution in [3.8, 4) is 0 Å². The van der Waals surface area contributed by atoms with Crippen molar-refractivity contribution < 1.29 is 0 Å². The van der Waals surface area contributed by atoms with E-state index in [-0.39, 0.29) is 0 Å². The normalized spacial score (nSPS) is 10.6. The molecule has 3 aromatic rings. The van der Waals surface area contributed by atoms with E-state index in [0.717, 1.165) is 21.7 Å². The zero-order chi connectivity index (χ0) is 11.7. The first-order valence-electron chi connectivity index (χ1n) is 5.35. The molecular formula is C13H11N3S. The summed E-state index contributed by atoms with van der Waals surface area (Å²) in [4.78, 5) is 8.51. The number of rotatable bonds is 2. The van der Waals surface area contributed by atoms with Gasteiger partial charge in [0.2, 0.25) is 0 Å². The minimum atomic E-state index is 0.871. The highest BCUT2D eigenvalue weighted by Crippen LogP contribution is 2.27. The lowest BCUT2D eigenvalue weighted by atomic mass is 10.2. The molecule has 1 N–H and O–H groups in total. The highest BCUT2D eigenvalue weighted by Gasteiger charge is 2.04. The van der Waals surface area contributed by atoms with Crippen molar-refractivity contribution in [1.82, 2.24) is 9.97 Å². The highest BCUT2D eigenvalue weighted by molar-refractivity contribution is 7.17. The first kappa shape index (κ1) is 10.2. The molecule has 0 atom stereocenters. The second kappa shape index (κ2) is 4.14. The molecule has 0 bridgehead atoms. The van der Waals surface area contributed by atoms with E-state index in [1.165, 1.54) is 5.56 Å². The molecule has 0 aliphatic rings. The number of nitrogens with one attached hydrogen (secondary N) is 1. The summed E-state index contributed by atoms with van der Waals surface area (Å²) in [6.45, 7) is 2.08. The van der Waals surface area contributed by atoms with Gasteiger partial charge in [-0.2, -0.15) is 0 Å². The molecule has 0 unspecified atom stereocenters. The van der Waals surface area contributed by atoms with E-state index >= 15 is 0 Å². The zero-order valence-corrected chi connectivity index (χ0v) is 10.2. The largest absolute Gasteiger partial charge is 0.339 e. The first-order chi connectivity index (χ1) is 8.33. The zero-order valence-electron chi connectivity index (χ0n) is 9.34. The predicted molar refractivity (Wildman–Crippen MR) is 71.9 cm³/mol. The molecular weight excluding hydrogens is 230 g/mol. The lowest BCUT2D eigenvalue weighted by Gasteiger charge is -2.06. The number of hydrogen-bond donors (Lipinski definition) is 1. The van der Waals surface area contributed by atoms with Gasteiger partial charge in [-0.05, 0) is 36.1 Å². The van der Waals surface area contributed by atoms with Crippen LogP contribution in [0.15, 0.2) is 42.0 Å². The smallest absolute Gasteiger partial charge is 0.151 e. The van der Waals surface area contributed by atoms with Crippen molar-refractivity contribution in [1.29, 1.82) is 0 Å². The van der Waals surface area contributed by atoms with Crippen LogP contribution in [0.4, 0.5) is 11.5 Å². The van der Waals surface area contributed by atoms with E-state index in [4.69, 9.17) is 0 Å². The Bertz CT molecular complexity index is 660. The minimum absolute atomic E-state index is 0.871. The summed E-state index contributed by atoms with van der Waals surface area (Å²) in [5.41, 5.74) is 3.27. The van der Waals surface area contributed by atoms with Crippen LogP contribution >= 0.6 is 11.3 Å². The molecule has 0 aliphatic carbocycles. The molecule has 0 saturated heterocycles. The molecule has 0 radical (unpaired) electrons. The molecule has 2 heterocycles. The van der Waals surface area contributed by atoms with E-state index in [0.29, 0.717) is 0 Å². The van der Waals surface area contributed by atoms with Crippen molar-refractivity contribution >= 4 is 33.1 Å². The Hall–Kier alpha value is -1.94. The van der Waals surface area contributed by atoms with Gasteiger partial charge in [0, 0.05) is 5.69 Å². The number of thiophene rings is 1. The third-order valence-corrected chi connectivity index (χ3v) is 3.43. The fourth-order valence-corrected chi connectivity index (χ4v) is 2.53. The minimum Gasteiger partial charge on any atom is -0.339 e. The van der Waals surface area contributed by atoms with Gasteiger partial charge in [-0.1, -0.05) is 12.1 Å². The Labute approximate surface area is 103 Å². The molecule has 0 fully saturated rings. The predicted octanol–water partition coefficient (Wildman–Crippen LogP) is 3.74. The van der Waals surface area contributed by atoms with E-state index < -0.39 is 0 Å². The maximum Gasteiger partial charge on any atom is 0.151 e. The molecule has 0 saturated carbocycles. The molecule has 84 valence electrons. The van der Waals surface area contributed by atoms with Crippen molar-refractivity contribution in [2.24, 2.45) is 0 Å². The van der Waals surface area contributed by atoms with Gasteiger partial charge >= 0.3 is 0 Å². The molecule has 0 amide bonds. The molecule has 1 aromatic carbocycles. The van der Waals surface area contributed by atoms with E-state index in [1.54, 1.807) is 17.7 Å². The summed E-state index contributed by atoms with van der Waals surface area (Å²) < 4.78 is 1.09. The topological polar surface area (TPSA) is 37.8 Å². The number of nitrogens with zero attached hydrogens (tertiary/aromatic N) is 2. The molecule has 2 aromatic heterocycles. The van der Waals surface area contributed by atoms with Gasteiger partial charge < -0.3 is 5.32 Å². The average molecular weight is 241 g/mol. The van der Waals surface area contributed by atoms with E-state index in [2.05, 4.69) is 34.3 Å². The summed E-state index contributed by atoms with van der Waals surface area (Å²) in [6.07, 6.45) is 1.59. The Kier molecular flexibility index (Phi) is 2.49. The molecule has 0 aliphatic heterocycles. The van der Waals surface area contributed by atoms with E-state index in [1.807, 2.05) is 23.6 Å². The SMILES string of the molecule is Cc1cccc(Nc2ncnc3ccsc23)c1. The standard InChI is InChI=1S/C13H11N3S/c1-9-3-2-4-10(7-9)16-13-12-11(5-6-17-12)14-8-15-13/h2-8H,1H3,(H,14,15,16). The summed E-state index contributed by atoms with van der Waals surface area (Å²) in [6, 6.07) is 10.2. The van der Waals surface area contributed by atoms with Crippen LogP contribution in [0, 0.1) is 6.92 Å². The van der Waals surface area contributed by atoms with Gasteiger partial charge in [-0.3, -0.25) is 0 Å². The summed E-state index contributed by atoms with van der Waals surface area (Å²) in [5.74, 6) is 0.871. The van der Waals surface area contributed by atoms with Crippen LogP contribution in [-0.2, 0) is 0 Å². The number of benzene rings is 1. The number of fused-ring (bicyclic) bond motifs is 1. The van der Waals surface area contributed by atoms with Crippen molar-refractivity contribution in [3.63, 3.8) is 0 Å². The van der Waals surface area contributed by atoms with Crippen LogP contribution in [0.25, 0.3) is 10.2 Å². The van der Waals surface area contributed by atoms with Crippen LogP contribution in [0.5, 0.6) is 0 Å². The third-order valence-electron chi connectivity index (χ3n) is 2.52. The summed E-state index contributed by atoms with van der Waals surface area (Å²) in [7, 11) is 0. The number of hydrogen-bond acceptors (Lipinski definition) is 4. The number of aryl methyl sites for hydroxylation is 1. The van der Waals surface area contributed by atoms with Crippen LogP contribution in [-0.4, -0.2) is 9.97 Å². The Morgan fingerprint density at radius 3 is 3.00 bits per heavy atom. The Morgan fingerprint density at radius 2 is 2.12 bits per heavy atom. The van der Waals surface area contributed by atoms with Crippen molar-refractivity contribution in [3.05, 3.63) is 47.6 Å². The number of anilines is 2. The fraction of sp³-hybridized carbons (Fsp3) is 0.0769. The van der Waals surface area contributed by atoms with E-state index in [9.17, 15) is 0 Å². The van der Waals surface area contributed by atoms with Gasteiger partial charge in [0.25, 0.3) is 0 Å². The van der Waals surface area contributed by atoms with Gasteiger partial charge in [0.05, 0.1) is 10.2 Å². The van der Waals surface area contributed by atoms with Gasteiger partial charge in [0.1, 0.15) is 6.33 Å². The van der Waals surface area contributed by atoms with Crippen LogP contribution in [0.2, 0.25) is 0 Å². The quantitative estimate of drug-likeness (QED) is 0.742. The maximum absolute atomic E-state index is 4.29. The first-order valence-corrected chi connectivity index (χ1v) is 6.23. The number of aromatic nitrogens is 2. The Morgan fingerprint density at radius 1 is 1.18 bits per heavy atom. The van der Waals surface area contributed by atoms with Crippen molar-refractivity contribution in [2.45, 2.75) is 6.92 Å². The lowest BCUT2D eigenvalue weighted by molar-refractivity contribution is 1.22.